The molecule has 0 saturated heterocycles. The van der Waals surface area contributed by atoms with Gasteiger partial charge in [-0.15, -0.1) is 0 Å². The number of carboxylic acids is 2. The van der Waals surface area contributed by atoms with E-state index in [1.54, 1.807) is 20.8 Å². The number of carbonyl (C=O) groups is 2. The molecular formula is C14H22O4. The van der Waals surface area contributed by atoms with Gasteiger partial charge in [-0.25, -0.2) is 9.59 Å². The molecule has 0 amide bonds. The van der Waals surface area contributed by atoms with E-state index in [0.29, 0.717) is 0 Å². The summed E-state index contributed by atoms with van der Waals surface area (Å²) in [6.07, 6.45) is 4.65. The maximum Gasteiger partial charge on any atom is 0.332 e. The van der Waals surface area contributed by atoms with Crippen LogP contribution in [0.1, 0.15) is 52.9 Å². The third-order valence-electron chi connectivity index (χ3n) is 3.48. The van der Waals surface area contributed by atoms with Crippen LogP contribution in [-0.4, -0.2) is 22.2 Å². The quantitative estimate of drug-likeness (QED) is 0.759. The minimum absolute atomic E-state index is 0.0573. The Morgan fingerprint density at radius 1 is 0.944 bits per heavy atom. The van der Waals surface area contributed by atoms with E-state index in [4.69, 9.17) is 0 Å². The van der Waals surface area contributed by atoms with Crippen molar-refractivity contribution in [3.8, 4) is 0 Å². The molecule has 0 radical (unpaired) electrons. The first-order chi connectivity index (χ1) is 8.25. The molecule has 1 rings (SSSR count). The van der Waals surface area contributed by atoms with Gasteiger partial charge in [0.25, 0.3) is 0 Å². The number of hydrogen-bond acceptors (Lipinski definition) is 2. The van der Waals surface area contributed by atoms with Gasteiger partial charge in [-0.3, -0.25) is 0 Å². The summed E-state index contributed by atoms with van der Waals surface area (Å²) in [7, 11) is 0. The van der Waals surface area contributed by atoms with Crippen LogP contribution in [0.3, 0.4) is 0 Å². The molecule has 18 heavy (non-hydrogen) atoms. The summed E-state index contributed by atoms with van der Waals surface area (Å²) in [4.78, 5) is 22.9. The molecule has 1 aliphatic carbocycles. The summed E-state index contributed by atoms with van der Waals surface area (Å²) in [5, 5.41) is 18.7. The molecule has 1 fully saturated rings. The highest BCUT2D eigenvalue weighted by Crippen LogP contribution is 2.37. The molecule has 102 valence electrons. The van der Waals surface area contributed by atoms with Crippen molar-refractivity contribution in [1.29, 1.82) is 0 Å². The number of hydrogen-bond donors (Lipinski definition) is 2. The van der Waals surface area contributed by atoms with Gasteiger partial charge in [0.05, 0.1) is 11.1 Å². The number of carboxylic acid groups (broad SMARTS) is 2. The second-order valence-electron chi connectivity index (χ2n) is 5.98. The van der Waals surface area contributed by atoms with Crippen molar-refractivity contribution < 1.29 is 19.8 Å². The van der Waals surface area contributed by atoms with E-state index in [-0.39, 0.29) is 17.1 Å². The van der Waals surface area contributed by atoms with E-state index in [1.165, 1.54) is 0 Å². The summed E-state index contributed by atoms with van der Waals surface area (Å²) < 4.78 is 0. The highest BCUT2D eigenvalue weighted by atomic mass is 16.4. The molecule has 4 heteroatoms. The molecule has 0 aromatic heterocycles. The van der Waals surface area contributed by atoms with Crippen LogP contribution in [0.15, 0.2) is 11.1 Å². The Labute approximate surface area is 108 Å². The van der Waals surface area contributed by atoms with E-state index in [1.807, 2.05) is 0 Å². The average molecular weight is 254 g/mol. The van der Waals surface area contributed by atoms with Gasteiger partial charge in [0, 0.05) is 0 Å². The van der Waals surface area contributed by atoms with E-state index in [2.05, 4.69) is 0 Å². The molecule has 0 aliphatic heterocycles. The van der Waals surface area contributed by atoms with Gasteiger partial charge in [0.1, 0.15) is 0 Å². The van der Waals surface area contributed by atoms with Crippen LogP contribution in [0.25, 0.3) is 0 Å². The first-order valence-corrected chi connectivity index (χ1v) is 6.46. The van der Waals surface area contributed by atoms with Crippen LogP contribution in [0.5, 0.6) is 0 Å². The van der Waals surface area contributed by atoms with Crippen molar-refractivity contribution in [2.24, 2.45) is 11.3 Å². The molecule has 2 N–H and O–H groups in total. The summed E-state index contributed by atoms with van der Waals surface area (Å²) in [5.41, 5.74) is -0.478. The molecule has 0 unspecified atom stereocenters. The molecule has 4 nitrogen and oxygen atoms in total. The molecule has 0 heterocycles. The Morgan fingerprint density at radius 2 is 1.44 bits per heavy atom. The van der Waals surface area contributed by atoms with E-state index in [0.717, 1.165) is 32.1 Å². The van der Waals surface area contributed by atoms with E-state index >= 15 is 0 Å². The van der Waals surface area contributed by atoms with Crippen LogP contribution in [0.4, 0.5) is 0 Å². The monoisotopic (exact) mass is 254 g/mol. The Balaban J connectivity index is 3.28. The average Bonchev–Trinajstić information content (AvgIpc) is 2.24. The largest absolute Gasteiger partial charge is 0.478 e. The molecule has 0 atom stereocenters. The normalized spacial score (nSPS) is 19.3. The number of rotatable bonds is 3. The van der Waals surface area contributed by atoms with Crippen LogP contribution in [-0.2, 0) is 9.59 Å². The minimum Gasteiger partial charge on any atom is -0.478 e. The van der Waals surface area contributed by atoms with Gasteiger partial charge in [-0.1, -0.05) is 40.0 Å². The molecule has 0 aromatic rings. The first kappa shape index (κ1) is 14.7. The van der Waals surface area contributed by atoms with Crippen molar-refractivity contribution in [1.82, 2.24) is 0 Å². The fraction of sp³-hybridized carbons (Fsp3) is 0.714. The third-order valence-corrected chi connectivity index (χ3v) is 3.48. The first-order valence-electron chi connectivity index (χ1n) is 6.46. The van der Waals surface area contributed by atoms with E-state index in [9.17, 15) is 19.8 Å². The third kappa shape index (κ3) is 3.34. The zero-order valence-electron chi connectivity index (χ0n) is 11.3. The summed E-state index contributed by atoms with van der Waals surface area (Å²) in [6, 6.07) is 0. The SMILES string of the molecule is CC(C)(C)C(C(=O)O)=C(C(=O)O)C1CCCCC1. The predicted molar refractivity (Wildman–Crippen MR) is 68.3 cm³/mol. The summed E-state index contributed by atoms with van der Waals surface area (Å²) >= 11 is 0. The van der Waals surface area contributed by atoms with Gasteiger partial charge in [-0.05, 0) is 24.2 Å². The van der Waals surface area contributed by atoms with E-state index < -0.39 is 17.4 Å². The smallest absolute Gasteiger partial charge is 0.332 e. The topological polar surface area (TPSA) is 74.6 Å². The summed E-state index contributed by atoms with van der Waals surface area (Å²) in [6.45, 7) is 5.26. The van der Waals surface area contributed by atoms with Gasteiger partial charge < -0.3 is 10.2 Å². The minimum atomic E-state index is -1.11. The van der Waals surface area contributed by atoms with Crippen molar-refractivity contribution in [2.75, 3.05) is 0 Å². The Bertz CT molecular complexity index is 368. The molecule has 1 saturated carbocycles. The maximum absolute atomic E-state index is 11.5. The van der Waals surface area contributed by atoms with Crippen LogP contribution < -0.4 is 0 Å². The predicted octanol–water partition coefficient (Wildman–Crippen LogP) is 3.08. The standard InChI is InChI=1S/C14H22O4/c1-14(2,3)11(13(17)18)10(12(15)16)9-7-5-4-6-8-9/h9H,4-8H2,1-3H3,(H,15,16)(H,17,18). The van der Waals surface area contributed by atoms with Gasteiger partial charge in [-0.2, -0.15) is 0 Å². The van der Waals surface area contributed by atoms with Gasteiger partial charge in [0.2, 0.25) is 0 Å². The van der Waals surface area contributed by atoms with Crippen molar-refractivity contribution >= 4 is 11.9 Å². The lowest BCUT2D eigenvalue weighted by Gasteiger charge is -2.28. The zero-order valence-corrected chi connectivity index (χ0v) is 11.3. The fourth-order valence-corrected chi connectivity index (χ4v) is 2.72. The highest BCUT2D eigenvalue weighted by molar-refractivity contribution is 6.00. The molecule has 0 spiro atoms. The lowest BCUT2D eigenvalue weighted by molar-refractivity contribution is -0.137. The molecular weight excluding hydrogens is 232 g/mol. The van der Waals surface area contributed by atoms with Crippen LogP contribution in [0, 0.1) is 11.3 Å². The summed E-state index contributed by atoms with van der Waals surface area (Å²) in [5.74, 6) is -2.29. The molecule has 1 aliphatic rings. The molecule has 0 bridgehead atoms. The zero-order chi connectivity index (χ0) is 13.9. The van der Waals surface area contributed by atoms with Gasteiger partial charge in [0.15, 0.2) is 0 Å². The van der Waals surface area contributed by atoms with Crippen molar-refractivity contribution in [3.63, 3.8) is 0 Å². The maximum atomic E-state index is 11.5. The number of aliphatic carboxylic acids is 2. The highest BCUT2D eigenvalue weighted by Gasteiger charge is 2.34. The Kier molecular flexibility index (Phi) is 4.54. The lowest BCUT2D eigenvalue weighted by atomic mass is 9.75. The second kappa shape index (κ2) is 5.55. The second-order valence-corrected chi connectivity index (χ2v) is 5.98. The Hall–Kier alpha value is -1.32. The van der Waals surface area contributed by atoms with Gasteiger partial charge >= 0.3 is 11.9 Å². The van der Waals surface area contributed by atoms with Crippen molar-refractivity contribution in [3.05, 3.63) is 11.1 Å². The Morgan fingerprint density at radius 3 is 1.78 bits per heavy atom. The van der Waals surface area contributed by atoms with Crippen LogP contribution >= 0.6 is 0 Å². The molecule has 0 aromatic carbocycles. The van der Waals surface area contributed by atoms with Crippen LogP contribution in [0.2, 0.25) is 0 Å². The van der Waals surface area contributed by atoms with Crippen molar-refractivity contribution in [2.45, 2.75) is 52.9 Å². The fourth-order valence-electron chi connectivity index (χ4n) is 2.72. The lowest BCUT2D eigenvalue weighted by Crippen LogP contribution is -2.27.